The second-order valence-corrected chi connectivity index (χ2v) is 12.0. The average molecular weight is 531 g/mol. The minimum absolute atomic E-state index is 0.106. The quantitative estimate of drug-likeness (QED) is 0.376. The minimum Gasteiger partial charge on any atom is -0.460 e. The lowest BCUT2D eigenvalue weighted by Gasteiger charge is -2.44. The first-order valence-corrected chi connectivity index (χ1v) is 13.4. The molecule has 3 aromatic heterocycles. The predicted molar refractivity (Wildman–Crippen MR) is 146 cm³/mol. The molecule has 1 saturated carbocycles. The number of hydrogen-bond donors (Lipinski definition) is 2. The molecule has 2 aliphatic rings. The van der Waals surface area contributed by atoms with Crippen molar-refractivity contribution in [2.45, 2.75) is 65.5 Å². The number of likely N-dealkylation sites (tertiary alicyclic amines) is 1. The Kier molecular flexibility index (Phi) is 5.77. The fourth-order valence-electron chi connectivity index (χ4n) is 5.85. The van der Waals surface area contributed by atoms with E-state index >= 15 is 0 Å². The van der Waals surface area contributed by atoms with Gasteiger partial charge in [0.25, 0.3) is 11.8 Å². The van der Waals surface area contributed by atoms with Gasteiger partial charge in [-0.3, -0.25) is 9.59 Å². The average Bonchev–Trinajstić information content (AvgIpc) is 3.53. The number of nitrogens with zero attached hydrogens (tertiary/aromatic N) is 3. The highest BCUT2D eigenvalue weighted by Crippen LogP contribution is 2.41. The Morgan fingerprint density at radius 1 is 1.18 bits per heavy atom. The van der Waals surface area contributed by atoms with Crippen LogP contribution in [0.15, 0.2) is 41.1 Å². The van der Waals surface area contributed by atoms with Crippen molar-refractivity contribution in [3.8, 4) is 11.5 Å². The Hall–Kier alpha value is -3.85. The normalized spacial score (nSPS) is 22.3. The van der Waals surface area contributed by atoms with E-state index in [1.165, 1.54) is 0 Å². The molecule has 204 valence electrons. The van der Waals surface area contributed by atoms with Gasteiger partial charge in [-0.1, -0.05) is 13.8 Å². The number of carbonyl (C=O) groups excluding carboxylic acids is 2. The van der Waals surface area contributed by atoms with E-state index in [1.807, 2.05) is 19.1 Å². The fourth-order valence-corrected chi connectivity index (χ4v) is 5.85. The van der Waals surface area contributed by atoms with Crippen LogP contribution in [0.3, 0.4) is 0 Å². The number of aliphatic hydroxyl groups is 1. The van der Waals surface area contributed by atoms with Gasteiger partial charge >= 0.3 is 0 Å². The van der Waals surface area contributed by atoms with E-state index in [-0.39, 0.29) is 23.3 Å². The van der Waals surface area contributed by atoms with E-state index < -0.39 is 5.60 Å². The molecule has 1 aliphatic heterocycles. The summed E-state index contributed by atoms with van der Waals surface area (Å²) in [5, 5.41) is 18.6. The van der Waals surface area contributed by atoms with E-state index in [2.05, 4.69) is 24.3 Å². The van der Waals surface area contributed by atoms with Crippen LogP contribution in [0.4, 0.5) is 0 Å². The van der Waals surface area contributed by atoms with Gasteiger partial charge in [-0.05, 0) is 63.1 Å². The van der Waals surface area contributed by atoms with Crippen LogP contribution in [-0.2, 0) is 0 Å². The number of aromatic nitrogens is 2. The van der Waals surface area contributed by atoms with Crippen molar-refractivity contribution >= 4 is 28.3 Å². The van der Waals surface area contributed by atoms with E-state index in [1.54, 1.807) is 47.8 Å². The van der Waals surface area contributed by atoms with Crippen molar-refractivity contribution in [2.24, 2.45) is 5.41 Å². The molecular formula is C30H34N4O5. The van der Waals surface area contributed by atoms with Crippen LogP contribution in [0.5, 0.6) is 11.5 Å². The summed E-state index contributed by atoms with van der Waals surface area (Å²) in [6, 6.07) is 7.36. The highest BCUT2D eigenvalue weighted by molar-refractivity contribution is 6.07. The minimum atomic E-state index is -0.869. The van der Waals surface area contributed by atoms with Gasteiger partial charge in [0.2, 0.25) is 0 Å². The number of rotatable bonds is 5. The summed E-state index contributed by atoms with van der Waals surface area (Å²) >= 11 is 0. The number of hydrogen-bond acceptors (Lipinski definition) is 6. The van der Waals surface area contributed by atoms with E-state index in [9.17, 15) is 14.7 Å². The molecule has 2 N–H and O–H groups in total. The van der Waals surface area contributed by atoms with Gasteiger partial charge in [0.1, 0.15) is 22.6 Å². The SMILES string of the molecule is Cc1oc2cc(Oc3ccnn4cc(C(=O)N5CC[C@@](C)(O)C5)c(C)c34)ccc2c1C(=O)N[C@H]1CCC1(C)C. The molecule has 2 atom stereocenters. The topological polar surface area (TPSA) is 109 Å². The van der Waals surface area contributed by atoms with Crippen LogP contribution < -0.4 is 10.1 Å². The molecule has 1 saturated heterocycles. The predicted octanol–water partition coefficient (Wildman–Crippen LogP) is 5.00. The van der Waals surface area contributed by atoms with Gasteiger partial charge in [-0.15, -0.1) is 0 Å². The highest BCUT2D eigenvalue weighted by Gasteiger charge is 2.40. The van der Waals surface area contributed by atoms with Crippen LogP contribution in [-0.4, -0.2) is 56.2 Å². The molecule has 0 radical (unpaired) electrons. The third-order valence-electron chi connectivity index (χ3n) is 8.48. The molecular weight excluding hydrogens is 496 g/mol. The van der Waals surface area contributed by atoms with Crippen LogP contribution in [0.25, 0.3) is 16.5 Å². The van der Waals surface area contributed by atoms with Crippen molar-refractivity contribution < 1.29 is 23.8 Å². The Bertz CT molecular complexity index is 1630. The molecule has 9 heteroatoms. The van der Waals surface area contributed by atoms with Gasteiger partial charge in [-0.25, -0.2) is 4.52 Å². The molecule has 2 amide bonds. The Morgan fingerprint density at radius 2 is 1.97 bits per heavy atom. The second kappa shape index (κ2) is 8.84. The monoisotopic (exact) mass is 530 g/mol. The lowest BCUT2D eigenvalue weighted by atomic mass is 9.67. The number of amides is 2. The van der Waals surface area contributed by atoms with E-state index in [4.69, 9.17) is 9.15 Å². The zero-order chi connectivity index (χ0) is 27.7. The van der Waals surface area contributed by atoms with Crippen LogP contribution in [0.1, 0.15) is 72.1 Å². The Labute approximate surface area is 226 Å². The van der Waals surface area contributed by atoms with Crippen LogP contribution in [0.2, 0.25) is 0 Å². The Balaban J connectivity index is 1.28. The zero-order valence-electron chi connectivity index (χ0n) is 23.0. The smallest absolute Gasteiger partial charge is 0.255 e. The number of fused-ring (bicyclic) bond motifs is 2. The van der Waals surface area contributed by atoms with Gasteiger partial charge in [0, 0.05) is 42.8 Å². The lowest BCUT2D eigenvalue weighted by molar-refractivity contribution is 0.0572. The van der Waals surface area contributed by atoms with E-state index in [0.717, 1.165) is 23.8 Å². The number of nitrogens with one attached hydrogen (secondary N) is 1. The number of β-amino-alcohol motifs (C(OH)–C–C–N with tert-alkyl or cyclic N) is 1. The summed E-state index contributed by atoms with van der Waals surface area (Å²) in [6.07, 6.45) is 5.96. The van der Waals surface area contributed by atoms with Gasteiger partial charge < -0.3 is 24.5 Å². The fraction of sp³-hybridized carbons (Fsp3) is 0.433. The first-order valence-electron chi connectivity index (χ1n) is 13.4. The maximum absolute atomic E-state index is 13.2. The van der Waals surface area contributed by atoms with Crippen molar-refractivity contribution in [1.29, 1.82) is 0 Å². The third kappa shape index (κ3) is 4.34. The molecule has 9 nitrogen and oxygen atoms in total. The molecule has 2 fully saturated rings. The van der Waals surface area contributed by atoms with Crippen LogP contribution >= 0.6 is 0 Å². The summed E-state index contributed by atoms with van der Waals surface area (Å²) in [4.78, 5) is 28.0. The number of ether oxygens (including phenoxy) is 1. The zero-order valence-corrected chi connectivity index (χ0v) is 23.0. The summed E-state index contributed by atoms with van der Waals surface area (Å²) < 4.78 is 13.9. The summed E-state index contributed by atoms with van der Waals surface area (Å²) in [7, 11) is 0. The molecule has 6 rings (SSSR count). The summed E-state index contributed by atoms with van der Waals surface area (Å²) in [5.41, 5.74) is 2.32. The molecule has 4 aromatic rings. The van der Waals surface area contributed by atoms with Crippen molar-refractivity contribution in [2.75, 3.05) is 13.1 Å². The first kappa shape index (κ1) is 25.4. The van der Waals surface area contributed by atoms with E-state index in [0.29, 0.717) is 59.0 Å². The molecule has 39 heavy (non-hydrogen) atoms. The number of benzene rings is 1. The molecule has 0 unspecified atom stereocenters. The maximum atomic E-state index is 13.2. The Morgan fingerprint density at radius 3 is 2.64 bits per heavy atom. The molecule has 1 aromatic carbocycles. The van der Waals surface area contributed by atoms with Gasteiger partial charge in [0.05, 0.1) is 22.9 Å². The molecule has 4 heterocycles. The van der Waals surface area contributed by atoms with Gasteiger partial charge in [-0.2, -0.15) is 5.10 Å². The highest BCUT2D eigenvalue weighted by atomic mass is 16.5. The summed E-state index contributed by atoms with van der Waals surface area (Å²) in [5.74, 6) is 1.40. The molecule has 0 bridgehead atoms. The largest absolute Gasteiger partial charge is 0.460 e. The van der Waals surface area contributed by atoms with Crippen LogP contribution in [0, 0.1) is 19.3 Å². The van der Waals surface area contributed by atoms with Crippen molar-refractivity contribution in [1.82, 2.24) is 19.8 Å². The number of furan rings is 1. The standard InChI is InChI=1S/C30H34N4O5/c1-17-21(28(36)33-13-11-30(5,37)16-33)15-34-26(17)22(9-12-31-34)39-19-6-7-20-23(14-19)38-18(2)25(20)27(35)32-24-8-10-29(24,3)4/h6-7,9,12,14-15,24,37H,8,10-11,13,16H2,1-5H3,(H,32,35)/t24-,30+/m0/s1. The van der Waals surface area contributed by atoms with Crippen molar-refractivity contribution in [3.05, 3.63) is 59.1 Å². The molecule has 0 spiro atoms. The first-order chi connectivity index (χ1) is 18.4. The van der Waals surface area contributed by atoms with Gasteiger partial charge in [0.15, 0.2) is 5.75 Å². The third-order valence-corrected chi connectivity index (χ3v) is 8.48. The second-order valence-electron chi connectivity index (χ2n) is 12.0. The number of carbonyl (C=O) groups is 2. The lowest BCUT2D eigenvalue weighted by Crippen LogP contribution is -2.52. The summed E-state index contributed by atoms with van der Waals surface area (Å²) in [6.45, 7) is 10.6. The molecule has 1 aliphatic carbocycles. The maximum Gasteiger partial charge on any atom is 0.255 e. The number of aryl methyl sites for hydroxylation is 2. The van der Waals surface area contributed by atoms with Crippen molar-refractivity contribution in [3.63, 3.8) is 0 Å².